The molecule has 160 valence electrons. The molecule has 0 bridgehead atoms. The van der Waals surface area contributed by atoms with Crippen molar-refractivity contribution < 1.29 is 23.1 Å². The average Bonchev–Trinajstić information content (AvgIpc) is 3.43. The maximum Gasteiger partial charge on any atom is 0.242 e. The van der Waals surface area contributed by atoms with Crippen LogP contribution in [0.4, 0.5) is 4.39 Å². The summed E-state index contributed by atoms with van der Waals surface area (Å²) >= 11 is 0. The molecule has 0 saturated carbocycles. The summed E-state index contributed by atoms with van der Waals surface area (Å²) in [5, 5.41) is 0. The quantitative estimate of drug-likeness (QED) is 0.560. The molecule has 1 aromatic carbocycles. The number of halogens is 1. The van der Waals surface area contributed by atoms with Gasteiger partial charge in [-0.2, -0.15) is 0 Å². The standard InChI is InChI=1S/C23H27FN2O4/c1-2-11-25(22(27)14-18-7-9-19(24)10-8-18)17-23(28)26(15-20-5-3-12-29-20)16-21-6-4-13-30-21/h2-3,5,7-10,12,21H,1,4,6,11,13-17H2/t21-/m1/s1. The van der Waals surface area contributed by atoms with Crippen molar-refractivity contribution in [2.75, 3.05) is 26.2 Å². The van der Waals surface area contributed by atoms with Gasteiger partial charge in [0.15, 0.2) is 0 Å². The highest BCUT2D eigenvalue weighted by molar-refractivity contribution is 5.86. The number of ether oxygens (including phenoxy) is 1. The second-order valence-corrected chi connectivity index (χ2v) is 7.35. The van der Waals surface area contributed by atoms with Gasteiger partial charge in [0, 0.05) is 19.7 Å². The van der Waals surface area contributed by atoms with Gasteiger partial charge in [-0.1, -0.05) is 18.2 Å². The molecule has 2 heterocycles. The molecule has 0 spiro atoms. The average molecular weight is 414 g/mol. The molecule has 30 heavy (non-hydrogen) atoms. The van der Waals surface area contributed by atoms with Crippen molar-refractivity contribution in [1.82, 2.24) is 9.80 Å². The third-order valence-electron chi connectivity index (χ3n) is 5.02. The maximum atomic E-state index is 13.1. The number of carbonyl (C=O) groups excluding carboxylic acids is 2. The van der Waals surface area contributed by atoms with E-state index < -0.39 is 0 Å². The minimum absolute atomic E-state index is 0.00770. The van der Waals surface area contributed by atoms with Gasteiger partial charge >= 0.3 is 0 Å². The van der Waals surface area contributed by atoms with Gasteiger partial charge in [-0.3, -0.25) is 9.59 Å². The molecule has 0 unspecified atom stereocenters. The molecule has 2 aromatic rings. The maximum absolute atomic E-state index is 13.1. The lowest BCUT2D eigenvalue weighted by atomic mass is 10.1. The van der Waals surface area contributed by atoms with Crippen molar-refractivity contribution in [3.05, 3.63) is 72.5 Å². The molecule has 0 N–H and O–H groups in total. The highest BCUT2D eigenvalue weighted by Crippen LogP contribution is 2.16. The van der Waals surface area contributed by atoms with Gasteiger partial charge in [-0.25, -0.2) is 4.39 Å². The van der Waals surface area contributed by atoms with E-state index in [-0.39, 0.29) is 43.2 Å². The first kappa shape index (κ1) is 21.8. The van der Waals surface area contributed by atoms with Crippen LogP contribution in [0.2, 0.25) is 0 Å². The van der Waals surface area contributed by atoms with E-state index in [1.54, 1.807) is 35.4 Å². The summed E-state index contributed by atoms with van der Waals surface area (Å²) in [7, 11) is 0. The number of benzene rings is 1. The number of furan rings is 1. The summed E-state index contributed by atoms with van der Waals surface area (Å²) in [6, 6.07) is 9.37. The van der Waals surface area contributed by atoms with Crippen molar-refractivity contribution in [3.8, 4) is 0 Å². The predicted octanol–water partition coefficient (Wildman–Crippen LogP) is 3.18. The Hall–Kier alpha value is -2.93. The number of hydrogen-bond donors (Lipinski definition) is 0. The van der Waals surface area contributed by atoms with Crippen LogP contribution in [0.3, 0.4) is 0 Å². The highest BCUT2D eigenvalue weighted by Gasteiger charge is 2.26. The molecule has 1 fully saturated rings. The molecule has 6 nitrogen and oxygen atoms in total. The molecule has 1 aliphatic heterocycles. The lowest BCUT2D eigenvalue weighted by Gasteiger charge is -2.28. The number of carbonyl (C=O) groups is 2. The Labute approximate surface area is 175 Å². The molecule has 1 aromatic heterocycles. The van der Waals surface area contributed by atoms with Crippen molar-refractivity contribution in [1.29, 1.82) is 0 Å². The van der Waals surface area contributed by atoms with Crippen LogP contribution in [-0.2, 0) is 27.3 Å². The Morgan fingerprint density at radius 2 is 1.97 bits per heavy atom. The van der Waals surface area contributed by atoms with E-state index in [1.165, 1.54) is 17.0 Å². The molecule has 1 atom stereocenters. The molecule has 3 rings (SSSR count). The first-order chi connectivity index (χ1) is 14.5. The Balaban J connectivity index is 1.66. The zero-order valence-corrected chi connectivity index (χ0v) is 17.0. The van der Waals surface area contributed by atoms with Crippen LogP contribution in [-0.4, -0.2) is 54.0 Å². The second-order valence-electron chi connectivity index (χ2n) is 7.35. The van der Waals surface area contributed by atoms with Crippen molar-refractivity contribution in [3.63, 3.8) is 0 Å². The van der Waals surface area contributed by atoms with Crippen LogP contribution < -0.4 is 0 Å². The zero-order valence-electron chi connectivity index (χ0n) is 17.0. The van der Waals surface area contributed by atoms with Gasteiger partial charge < -0.3 is 19.0 Å². The summed E-state index contributed by atoms with van der Waals surface area (Å²) in [4.78, 5) is 29.0. The second kappa shape index (κ2) is 10.7. The molecule has 1 aliphatic rings. The monoisotopic (exact) mass is 414 g/mol. The SMILES string of the molecule is C=CCN(CC(=O)N(Cc1ccco1)C[C@H]1CCCO1)C(=O)Cc1ccc(F)cc1. The fourth-order valence-corrected chi connectivity index (χ4v) is 3.44. The lowest BCUT2D eigenvalue weighted by Crippen LogP contribution is -2.45. The Morgan fingerprint density at radius 3 is 2.60 bits per heavy atom. The Kier molecular flexibility index (Phi) is 7.79. The van der Waals surface area contributed by atoms with Crippen LogP contribution in [0.5, 0.6) is 0 Å². The van der Waals surface area contributed by atoms with E-state index >= 15 is 0 Å². The van der Waals surface area contributed by atoms with Gasteiger partial charge in [0.25, 0.3) is 0 Å². The van der Waals surface area contributed by atoms with E-state index in [9.17, 15) is 14.0 Å². The third-order valence-corrected chi connectivity index (χ3v) is 5.02. The third kappa shape index (κ3) is 6.29. The fourth-order valence-electron chi connectivity index (χ4n) is 3.44. The van der Waals surface area contributed by atoms with E-state index in [0.29, 0.717) is 31.0 Å². The molecular weight excluding hydrogens is 387 g/mol. The molecule has 2 amide bonds. The lowest BCUT2D eigenvalue weighted by molar-refractivity contribution is -0.141. The summed E-state index contributed by atoms with van der Waals surface area (Å²) in [5.41, 5.74) is 0.690. The first-order valence-electron chi connectivity index (χ1n) is 10.1. The highest BCUT2D eigenvalue weighted by atomic mass is 19.1. The van der Waals surface area contributed by atoms with Gasteiger partial charge in [0.2, 0.25) is 11.8 Å². The molecule has 7 heteroatoms. The van der Waals surface area contributed by atoms with Crippen LogP contribution in [0.15, 0.2) is 59.7 Å². The number of nitrogens with zero attached hydrogens (tertiary/aromatic N) is 2. The minimum Gasteiger partial charge on any atom is -0.467 e. The molecule has 0 aliphatic carbocycles. The summed E-state index contributed by atoms with van der Waals surface area (Å²) in [6.45, 7) is 5.35. The van der Waals surface area contributed by atoms with E-state index in [2.05, 4.69) is 6.58 Å². The molecule has 1 saturated heterocycles. The van der Waals surface area contributed by atoms with Gasteiger partial charge in [0.05, 0.1) is 25.3 Å². The molecular formula is C23H27FN2O4. The van der Waals surface area contributed by atoms with Gasteiger partial charge in [-0.05, 0) is 42.7 Å². The summed E-state index contributed by atoms with van der Waals surface area (Å²) in [6.07, 6.45) is 5.12. The van der Waals surface area contributed by atoms with Crippen LogP contribution in [0.1, 0.15) is 24.2 Å². The smallest absolute Gasteiger partial charge is 0.242 e. The topological polar surface area (TPSA) is 63.0 Å². The van der Waals surface area contributed by atoms with Gasteiger partial charge in [0.1, 0.15) is 18.1 Å². The Bertz CT molecular complexity index is 829. The summed E-state index contributed by atoms with van der Waals surface area (Å²) in [5.74, 6) is -0.0811. The van der Waals surface area contributed by atoms with E-state index in [1.807, 2.05) is 6.07 Å². The van der Waals surface area contributed by atoms with Crippen molar-refractivity contribution in [2.24, 2.45) is 0 Å². The number of amides is 2. The largest absolute Gasteiger partial charge is 0.467 e. The normalized spacial score (nSPS) is 15.7. The van der Waals surface area contributed by atoms with Crippen molar-refractivity contribution in [2.45, 2.75) is 31.9 Å². The number of hydrogen-bond acceptors (Lipinski definition) is 4. The predicted molar refractivity (Wildman–Crippen MR) is 110 cm³/mol. The van der Waals surface area contributed by atoms with Crippen LogP contribution in [0, 0.1) is 5.82 Å². The van der Waals surface area contributed by atoms with Crippen molar-refractivity contribution >= 4 is 11.8 Å². The van der Waals surface area contributed by atoms with Crippen LogP contribution in [0.25, 0.3) is 0 Å². The van der Waals surface area contributed by atoms with E-state index in [0.717, 1.165) is 12.8 Å². The summed E-state index contributed by atoms with van der Waals surface area (Å²) < 4.78 is 24.2. The first-order valence-corrected chi connectivity index (χ1v) is 10.1. The number of rotatable bonds is 10. The zero-order chi connectivity index (χ0) is 21.3. The van der Waals surface area contributed by atoms with E-state index in [4.69, 9.17) is 9.15 Å². The Morgan fingerprint density at radius 1 is 1.17 bits per heavy atom. The van der Waals surface area contributed by atoms with Crippen LogP contribution >= 0.6 is 0 Å². The van der Waals surface area contributed by atoms with Gasteiger partial charge in [-0.15, -0.1) is 6.58 Å². The fraction of sp³-hybridized carbons (Fsp3) is 0.391. The minimum atomic E-state index is -0.355. The molecule has 0 radical (unpaired) electrons.